The van der Waals surface area contributed by atoms with Gasteiger partial charge in [0.15, 0.2) is 5.79 Å². The zero-order chi connectivity index (χ0) is 45.3. The maximum atomic E-state index is 12.6. The first-order valence-electron chi connectivity index (χ1n) is 27.9. The molecule has 0 bridgehead atoms. The van der Waals surface area contributed by atoms with Crippen LogP contribution in [0.25, 0.3) is 5.32 Å². The second-order valence-corrected chi connectivity index (χ2v) is 20.0. The van der Waals surface area contributed by atoms with Gasteiger partial charge in [0.25, 0.3) is 0 Å². The summed E-state index contributed by atoms with van der Waals surface area (Å²) in [5, 5.41) is 4.52. The summed E-state index contributed by atoms with van der Waals surface area (Å²) < 4.78 is 24.8. The summed E-state index contributed by atoms with van der Waals surface area (Å²) in [4.78, 5) is 27.7. The van der Waals surface area contributed by atoms with Crippen LogP contribution in [0.15, 0.2) is 0 Å². The Labute approximate surface area is 391 Å². The highest BCUT2D eigenvalue weighted by Gasteiger charge is 2.40. The summed E-state index contributed by atoms with van der Waals surface area (Å²) in [6.07, 6.45) is 43.4. The maximum absolute atomic E-state index is 12.6. The van der Waals surface area contributed by atoms with E-state index in [0.29, 0.717) is 37.9 Å². The Morgan fingerprint density at radius 1 is 0.540 bits per heavy atom. The molecule has 2 aliphatic rings. The van der Waals surface area contributed by atoms with E-state index in [2.05, 4.69) is 37.9 Å². The van der Waals surface area contributed by atoms with Gasteiger partial charge in [0.2, 0.25) is 0 Å². The largest absolute Gasteiger partial charge is 0.660 e. The predicted molar refractivity (Wildman–Crippen MR) is 266 cm³/mol. The lowest BCUT2D eigenvalue weighted by Crippen LogP contribution is -2.37. The number of ether oxygens (including phenoxy) is 4. The van der Waals surface area contributed by atoms with Crippen LogP contribution in [0.4, 0.5) is 0 Å². The molecule has 0 spiro atoms. The molecule has 2 aliphatic heterocycles. The zero-order valence-corrected chi connectivity index (χ0v) is 42.4. The van der Waals surface area contributed by atoms with E-state index >= 15 is 0 Å². The lowest BCUT2D eigenvalue weighted by Gasteiger charge is -2.35. The third kappa shape index (κ3) is 32.2. The fraction of sp³-hybridized carbons (Fsp3) is 0.964. The first-order chi connectivity index (χ1) is 30.9. The van der Waals surface area contributed by atoms with Gasteiger partial charge in [-0.25, -0.2) is 0 Å². The highest BCUT2D eigenvalue weighted by molar-refractivity contribution is 5.70. The van der Waals surface area contributed by atoms with Crippen LogP contribution in [0.2, 0.25) is 0 Å². The second-order valence-electron chi connectivity index (χ2n) is 20.0. The van der Waals surface area contributed by atoms with Gasteiger partial charge < -0.3 is 29.2 Å². The number of carbonyl (C=O) groups excluding carboxylic acids is 2. The summed E-state index contributed by atoms with van der Waals surface area (Å²) in [7, 11) is 0. The molecular formula is C55H105N2O6-. The molecular weight excluding hydrogens is 785 g/mol. The van der Waals surface area contributed by atoms with Crippen LogP contribution in [-0.2, 0) is 28.5 Å². The van der Waals surface area contributed by atoms with Crippen molar-refractivity contribution in [1.29, 1.82) is 0 Å². The molecule has 0 amide bonds. The van der Waals surface area contributed by atoms with Crippen molar-refractivity contribution < 1.29 is 28.5 Å². The average molecular weight is 890 g/mol. The summed E-state index contributed by atoms with van der Waals surface area (Å²) in [6.45, 7) is 16.1. The van der Waals surface area contributed by atoms with Gasteiger partial charge in [-0.3, -0.25) is 9.59 Å². The van der Waals surface area contributed by atoms with E-state index in [-0.39, 0.29) is 18.0 Å². The first kappa shape index (κ1) is 57.9. The predicted octanol–water partition coefficient (Wildman–Crippen LogP) is 15.6. The maximum Gasteiger partial charge on any atom is 0.306 e. The average Bonchev–Trinajstić information content (AvgIpc) is 3.69. The van der Waals surface area contributed by atoms with Crippen LogP contribution in [0.1, 0.15) is 265 Å². The molecule has 0 saturated carbocycles. The van der Waals surface area contributed by atoms with E-state index in [9.17, 15) is 9.59 Å². The van der Waals surface area contributed by atoms with Gasteiger partial charge in [-0.05, 0) is 82.7 Å². The first-order valence-corrected chi connectivity index (χ1v) is 27.9. The number of esters is 2. The molecule has 1 atom stereocenters. The SMILES string of the molecule is CCCCCC(CCCCC)CC(=O)OCCCCCCCCCCC1(CCCCCCCCCCOC(=O)CC(CCCCC)CCCCC)OCC(CCN2CC[N-]CC2)O1. The molecule has 0 aromatic rings. The number of nitrogens with zero attached hydrogens (tertiary/aromatic N) is 2. The molecule has 8 nitrogen and oxygen atoms in total. The van der Waals surface area contributed by atoms with Gasteiger partial charge >= 0.3 is 11.9 Å². The van der Waals surface area contributed by atoms with Crippen LogP contribution in [0.3, 0.4) is 0 Å². The van der Waals surface area contributed by atoms with Crippen molar-refractivity contribution in [1.82, 2.24) is 4.90 Å². The van der Waals surface area contributed by atoms with E-state index in [1.54, 1.807) is 0 Å². The summed E-state index contributed by atoms with van der Waals surface area (Å²) in [5.41, 5.74) is 0. The van der Waals surface area contributed by atoms with Gasteiger partial charge in [0.05, 0.1) is 25.9 Å². The molecule has 2 saturated heterocycles. The molecule has 2 rings (SSSR count). The summed E-state index contributed by atoms with van der Waals surface area (Å²) in [6, 6.07) is 0. The molecule has 0 aromatic carbocycles. The molecule has 0 N–H and O–H groups in total. The lowest BCUT2D eigenvalue weighted by molar-refractivity contribution is -0.180. The van der Waals surface area contributed by atoms with Crippen molar-refractivity contribution in [3.05, 3.63) is 5.32 Å². The molecule has 63 heavy (non-hydrogen) atoms. The van der Waals surface area contributed by atoms with E-state index in [4.69, 9.17) is 18.9 Å². The molecule has 1 unspecified atom stereocenters. The van der Waals surface area contributed by atoms with Gasteiger partial charge in [0.1, 0.15) is 0 Å². The van der Waals surface area contributed by atoms with E-state index in [1.807, 2.05) is 0 Å². The highest BCUT2D eigenvalue weighted by atomic mass is 16.7. The molecule has 8 heteroatoms. The van der Waals surface area contributed by atoms with Crippen molar-refractivity contribution in [3.8, 4) is 0 Å². The topological polar surface area (TPSA) is 88.4 Å². The molecule has 372 valence electrons. The molecule has 2 heterocycles. The Morgan fingerprint density at radius 2 is 0.921 bits per heavy atom. The minimum atomic E-state index is -0.396. The number of hydrogen-bond acceptors (Lipinski definition) is 7. The van der Waals surface area contributed by atoms with Crippen molar-refractivity contribution in [2.24, 2.45) is 11.8 Å². The molecule has 0 aromatic heterocycles. The van der Waals surface area contributed by atoms with E-state index < -0.39 is 5.79 Å². The quantitative estimate of drug-likeness (QED) is 0.0444. The Balaban J connectivity index is 1.58. The molecule has 0 aliphatic carbocycles. The Bertz CT molecular complexity index is 957. The Morgan fingerprint density at radius 3 is 1.32 bits per heavy atom. The number of rotatable bonds is 45. The summed E-state index contributed by atoms with van der Waals surface area (Å²) >= 11 is 0. The third-order valence-electron chi connectivity index (χ3n) is 14.0. The Hall–Kier alpha value is -1.22. The van der Waals surface area contributed by atoms with Crippen molar-refractivity contribution in [3.63, 3.8) is 0 Å². The second kappa shape index (κ2) is 41.0. The fourth-order valence-electron chi connectivity index (χ4n) is 9.85. The molecule has 2 fully saturated rings. The molecule has 0 radical (unpaired) electrons. The summed E-state index contributed by atoms with van der Waals surface area (Å²) in [5.74, 6) is 0.669. The normalized spacial score (nSPS) is 16.7. The Kier molecular flexibility index (Phi) is 37.7. The fourth-order valence-corrected chi connectivity index (χ4v) is 9.85. The van der Waals surface area contributed by atoms with Gasteiger partial charge in [0, 0.05) is 32.2 Å². The zero-order valence-electron chi connectivity index (χ0n) is 42.4. The number of piperazine rings is 1. The standard InChI is InChI=1S/C55H105N2O6/c1-5-9-25-33-50(34-26-10-6-2)47-53(58)60-45-31-23-19-15-13-17-21-29-38-55(62-49-52(63-55)37-42-57-43-40-56-41-44-57)39-30-22-18-14-16-20-24-32-46-61-54(59)48-51(35-27-11-7-3)36-28-12-8-4/h50-52H,5-49H2,1-4H3/q-1. The van der Waals surface area contributed by atoms with Crippen LogP contribution in [0, 0.1) is 11.8 Å². The van der Waals surface area contributed by atoms with Crippen molar-refractivity contribution in [2.45, 2.75) is 277 Å². The number of hydrogen-bond donors (Lipinski definition) is 0. The van der Waals surface area contributed by atoms with Crippen LogP contribution in [0.5, 0.6) is 0 Å². The van der Waals surface area contributed by atoms with Crippen molar-refractivity contribution >= 4 is 11.9 Å². The lowest BCUT2D eigenvalue weighted by atomic mass is 9.92. The van der Waals surface area contributed by atoms with Crippen LogP contribution < -0.4 is 0 Å². The van der Waals surface area contributed by atoms with Crippen molar-refractivity contribution in [2.75, 3.05) is 52.5 Å². The minimum absolute atomic E-state index is 0.0267. The minimum Gasteiger partial charge on any atom is -0.660 e. The van der Waals surface area contributed by atoms with Gasteiger partial charge in [-0.15, -0.1) is 13.1 Å². The van der Waals surface area contributed by atoms with Gasteiger partial charge in [-0.1, -0.05) is 182 Å². The van der Waals surface area contributed by atoms with Gasteiger partial charge in [-0.2, -0.15) is 0 Å². The van der Waals surface area contributed by atoms with E-state index in [1.165, 1.54) is 180 Å². The smallest absolute Gasteiger partial charge is 0.306 e. The van der Waals surface area contributed by atoms with Crippen LogP contribution in [-0.4, -0.2) is 81.3 Å². The van der Waals surface area contributed by atoms with Crippen LogP contribution >= 0.6 is 0 Å². The number of unbranched alkanes of at least 4 members (excludes halogenated alkanes) is 22. The third-order valence-corrected chi connectivity index (χ3v) is 14.0. The monoisotopic (exact) mass is 890 g/mol. The number of carbonyl (C=O) groups is 2. The highest BCUT2D eigenvalue weighted by Crippen LogP contribution is 2.36. The van der Waals surface area contributed by atoms with E-state index in [0.717, 1.165) is 84.3 Å².